The van der Waals surface area contributed by atoms with Gasteiger partial charge in [-0.3, -0.25) is 0 Å². The molecule has 27 heavy (non-hydrogen) atoms. The number of urea groups is 1. The number of ether oxygens (including phenoxy) is 1. The second-order valence-corrected chi connectivity index (χ2v) is 7.73. The topological polar surface area (TPSA) is 87.7 Å². The van der Waals surface area contributed by atoms with E-state index in [1.165, 1.54) is 25.7 Å². The first-order chi connectivity index (χ1) is 13.1. The summed E-state index contributed by atoms with van der Waals surface area (Å²) < 4.78 is 5.96. The van der Waals surface area contributed by atoms with Gasteiger partial charge in [0.15, 0.2) is 0 Å². The fourth-order valence-electron chi connectivity index (χ4n) is 4.03. The predicted molar refractivity (Wildman–Crippen MR) is 103 cm³/mol. The molecule has 0 spiro atoms. The molecule has 1 aromatic rings. The van der Waals surface area contributed by atoms with E-state index in [0.29, 0.717) is 11.8 Å². The largest absolute Gasteiger partial charge is 0.490 e. The Morgan fingerprint density at radius 1 is 0.815 bits per heavy atom. The van der Waals surface area contributed by atoms with E-state index in [2.05, 4.69) is 10.6 Å². The van der Waals surface area contributed by atoms with E-state index in [1.807, 2.05) is 0 Å². The zero-order valence-corrected chi connectivity index (χ0v) is 15.8. The number of aromatic carboxylic acids is 1. The molecule has 6 heteroatoms. The van der Waals surface area contributed by atoms with E-state index in [4.69, 9.17) is 9.84 Å². The first-order valence-electron chi connectivity index (χ1n) is 10.2. The number of nitrogens with one attached hydrogen (secondary N) is 2. The van der Waals surface area contributed by atoms with Crippen molar-refractivity contribution in [3.05, 3.63) is 29.8 Å². The average molecular weight is 374 g/mol. The van der Waals surface area contributed by atoms with Crippen LogP contribution in [0.1, 0.15) is 74.6 Å². The standard InChI is InChI=1S/C21H30N2O4/c24-20(25)15-7-11-18(12-8-15)27-19-13-9-17(10-14-19)23-21(26)22-16-5-3-1-2-4-6-16/h7-8,11-12,16-17,19H,1-6,9-10,13-14H2,(H,24,25)(H2,22,23,26). The molecule has 2 amide bonds. The molecule has 0 aromatic heterocycles. The lowest BCUT2D eigenvalue weighted by atomic mass is 9.93. The minimum atomic E-state index is -0.935. The lowest BCUT2D eigenvalue weighted by molar-refractivity contribution is 0.0696. The van der Waals surface area contributed by atoms with Crippen LogP contribution in [-0.4, -0.2) is 35.3 Å². The number of carbonyl (C=O) groups is 2. The third kappa shape index (κ3) is 6.15. The highest BCUT2D eigenvalue weighted by molar-refractivity contribution is 5.87. The van der Waals surface area contributed by atoms with Crippen molar-refractivity contribution >= 4 is 12.0 Å². The number of amides is 2. The molecule has 148 valence electrons. The van der Waals surface area contributed by atoms with Crippen molar-refractivity contribution < 1.29 is 19.4 Å². The van der Waals surface area contributed by atoms with Gasteiger partial charge in [0.05, 0.1) is 11.7 Å². The van der Waals surface area contributed by atoms with Crippen LogP contribution in [0.2, 0.25) is 0 Å². The third-order valence-corrected chi connectivity index (χ3v) is 5.60. The molecule has 0 bridgehead atoms. The summed E-state index contributed by atoms with van der Waals surface area (Å²) in [6, 6.07) is 7.01. The van der Waals surface area contributed by atoms with E-state index in [1.54, 1.807) is 24.3 Å². The molecule has 6 nitrogen and oxygen atoms in total. The molecular weight excluding hydrogens is 344 g/mol. The van der Waals surface area contributed by atoms with Crippen molar-refractivity contribution in [3.8, 4) is 5.75 Å². The van der Waals surface area contributed by atoms with E-state index in [0.717, 1.165) is 38.5 Å². The van der Waals surface area contributed by atoms with Gasteiger partial charge in [-0.15, -0.1) is 0 Å². The first-order valence-corrected chi connectivity index (χ1v) is 10.2. The normalized spacial score (nSPS) is 23.9. The summed E-state index contributed by atoms with van der Waals surface area (Å²) in [6.07, 6.45) is 10.8. The molecule has 0 heterocycles. The van der Waals surface area contributed by atoms with Crippen LogP contribution in [0.25, 0.3) is 0 Å². The number of hydrogen-bond donors (Lipinski definition) is 3. The van der Waals surface area contributed by atoms with Crippen molar-refractivity contribution in [2.45, 2.75) is 82.4 Å². The summed E-state index contributed by atoms with van der Waals surface area (Å²) in [7, 11) is 0. The highest BCUT2D eigenvalue weighted by Gasteiger charge is 2.24. The molecule has 3 rings (SSSR count). The fraction of sp³-hybridized carbons (Fsp3) is 0.619. The minimum Gasteiger partial charge on any atom is -0.490 e. The predicted octanol–water partition coefficient (Wildman–Crippen LogP) is 4.10. The summed E-state index contributed by atoms with van der Waals surface area (Å²) in [5.41, 5.74) is 0.259. The van der Waals surface area contributed by atoms with Crippen molar-refractivity contribution in [3.63, 3.8) is 0 Å². The molecule has 1 aromatic carbocycles. The number of benzene rings is 1. The smallest absolute Gasteiger partial charge is 0.335 e. The quantitative estimate of drug-likeness (QED) is 0.677. The second kappa shape index (κ2) is 9.62. The van der Waals surface area contributed by atoms with Crippen LogP contribution in [-0.2, 0) is 0 Å². The Morgan fingerprint density at radius 3 is 1.93 bits per heavy atom. The molecule has 2 aliphatic carbocycles. The molecule has 0 saturated heterocycles. The highest BCUT2D eigenvalue weighted by Crippen LogP contribution is 2.24. The summed E-state index contributed by atoms with van der Waals surface area (Å²) in [6.45, 7) is 0. The number of carboxylic acids is 1. The van der Waals surface area contributed by atoms with Gasteiger partial charge in [0.25, 0.3) is 0 Å². The third-order valence-electron chi connectivity index (χ3n) is 5.60. The van der Waals surface area contributed by atoms with Gasteiger partial charge in [-0.25, -0.2) is 9.59 Å². The molecule has 0 radical (unpaired) electrons. The Balaban J connectivity index is 1.38. The van der Waals surface area contributed by atoms with Crippen molar-refractivity contribution in [1.29, 1.82) is 0 Å². The van der Waals surface area contributed by atoms with Gasteiger partial charge in [0.2, 0.25) is 0 Å². The first kappa shape index (κ1) is 19.5. The number of carbonyl (C=O) groups excluding carboxylic acids is 1. The van der Waals surface area contributed by atoms with Gasteiger partial charge in [-0.1, -0.05) is 25.7 Å². The highest BCUT2D eigenvalue weighted by atomic mass is 16.5. The maximum absolute atomic E-state index is 12.2. The van der Waals surface area contributed by atoms with Gasteiger partial charge in [-0.05, 0) is 62.8 Å². The van der Waals surface area contributed by atoms with Crippen LogP contribution in [0.3, 0.4) is 0 Å². The Hall–Kier alpha value is -2.24. The van der Waals surface area contributed by atoms with Crippen LogP contribution in [0.4, 0.5) is 4.79 Å². The van der Waals surface area contributed by atoms with Gasteiger partial charge in [0.1, 0.15) is 5.75 Å². The Morgan fingerprint density at radius 2 is 1.37 bits per heavy atom. The minimum absolute atomic E-state index is 0.0319. The van der Waals surface area contributed by atoms with Crippen LogP contribution in [0.5, 0.6) is 5.75 Å². The van der Waals surface area contributed by atoms with E-state index in [9.17, 15) is 9.59 Å². The maximum atomic E-state index is 12.2. The molecular formula is C21H30N2O4. The molecule has 0 atom stereocenters. The Kier molecular flexibility index (Phi) is 6.96. The molecule has 0 aliphatic heterocycles. The van der Waals surface area contributed by atoms with Gasteiger partial charge in [0, 0.05) is 12.1 Å². The summed E-state index contributed by atoms with van der Waals surface area (Å²) in [5, 5.41) is 15.2. The Labute approximate surface area is 160 Å². The molecule has 2 aliphatic rings. The molecule has 2 fully saturated rings. The number of rotatable bonds is 5. The van der Waals surface area contributed by atoms with Crippen molar-refractivity contribution in [2.24, 2.45) is 0 Å². The summed E-state index contributed by atoms with van der Waals surface area (Å²) in [5.74, 6) is -0.238. The maximum Gasteiger partial charge on any atom is 0.335 e. The zero-order chi connectivity index (χ0) is 19.1. The average Bonchev–Trinajstić information content (AvgIpc) is 2.92. The zero-order valence-electron chi connectivity index (χ0n) is 15.8. The molecule has 2 saturated carbocycles. The molecule has 3 N–H and O–H groups in total. The lowest BCUT2D eigenvalue weighted by Crippen LogP contribution is -2.47. The van der Waals surface area contributed by atoms with E-state index < -0.39 is 5.97 Å². The van der Waals surface area contributed by atoms with E-state index >= 15 is 0 Å². The van der Waals surface area contributed by atoms with Crippen LogP contribution in [0, 0.1) is 0 Å². The SMILES string of the molecule is O=C(NC1CCCCCC1)NC1CCC(Oc2ccc(C(=O)O)cc2)CC1. The molecule has 0 unspecified atom stereocenters. The fourth-order valence-corrected chi connectivity index (χ4v) is 4.03. The summed E-state index contributed by atoms with van der Waals surface area (Å²) in [4.78, 5) is 23.1. The van der Waals surface area contributed by atoms with Crippen LogP contribution < -0.4 is 15.4 Å². The lowest BCUT2D eigenvalue weighted by Gasteiger charge is -2.30. The van der Waals surface area contributed by atoms with Crippen molar-refractivity contribution in [2.75, 3.05) is 0 Å². The van der Waals surface area contributed by atoms with E-state index in [-0.39, 0.29) is 23.7 Å². The monoisotopic (exact) mass is 374 g/mol. The van der Waals surface area contributed by atoms with Gasteiger partial charge < -0.3 is 20.5 Å². The summed E-state index contributed by atoms with van der Waals surface area (Å²) >= 11 is 0. The van der Waals surface area contributed by atoms with Crippen molar-refractivity contribution in [1.82, 2.24) is 10.6 Å². The number of carboxylic acid groups (broad SMARTS) is 1. The Bertz CT molecular complexity index is 616. The number of hydrogen-bond acceptors (Lipinski definition) is 3. The van der Waals surface area contributed by atoms with Crippen LogP contribution in [0.15, 0.2) is 24.3 Å². The van der Waals surface area contributed by atoms with Gasteiger partial charge >= 0.3 is 12.0 Å². The van der Waals surface area contributed by atoms with Gasteiger partial charge in [-0.2, -0.15) is 0 Å². The second-order valence-electron chi connectivity index (χ2n) is 7.73. The van der Waals surface area contributed by atoms with Crippen LogP contribution >= 0.6 is 0 Å².